The van der Waals surface area contributed by atoms with E-state index in [-0.39, 0.29) is 5.41 Å². The molecule has 4 heteroatoms. The average Bonchev–Trinajstić information content (AvgIpc) is 2.67. The van der Waals surface area contributed by atoms with E-state index in [1.54, 1.807) is 0 Å². The topological polar surface area (TPSA) is 12.5 Å². The summed E-state index contributed by atoms with van der Waals surface area (Å²) in [6.45, 7) is 4.43. The highest BCUT2D eigenvalue weighted by molar-refractivity contribution is 14.1. The number of anilines is 1. The van der Waals surface area contributed by atoms with E-state index in [0.29, 0.717) is 0 Å². The molecule has 4 rings (SSSR count). The maximum Gasteiger partial charge on any atom is 0.211 e. The van der Waals surface area contributed by atoms with Crippen molar-refractivity contribution in [2.45, 2.75) is 25.0 Å². The normalized spacial score (nSPS) is 23.6. The standard InChI is InChI=1S/C19H17ClINO/c1-18(2)15-11-13(20)4-6-16(15)22(3)19(18)9-8-12-10-14(21)5-7-17(12)23-19/h4-11H,1-3H3. The van der Waals surface area contributed by atoms with Gasteiger partial charge in [-0.2, -0.15) is 0 Å². The summed E-state index contributed by atoms with van der Waals surface area (Å²) >= 11 is 8.57. The maximum atomic E-state index is 6.58. The molecule has 2 nitrogen and oxygen atoms in total. The minimum atomic E-state index is -0.542. The molecule has 0 saturated heterocycles. The summed E-state index contributed by atoms with van der Waals surface area (Å²) < 4.78 is 7.79. The van der Waals surface area contributed by atoms with Crippen LogP contribution in [0, 0.1) is 3.57 Å². The first-order chi connectivity index (χ1) is 10.8. The van der Waals surface area contributed by atoms with Gasteiger partial charge in [0.15, 0.2) is 0 Å². The second-order valence-corrected chi connectivity index (χ2v) is 8.34. The summed E-state index contributed by atoms with van der Waals surface area (Å²) in [5.74, 6) is 0.923. The third-order valence-corrected chi connectivity index (χ3v) is 6.02. The van der Waals surface area contributed by atoms with Crippen molar-refractivity contribution in [2.24, 2.45) is 0 Å². The smallest absolute Gasteiger partial charge is 0.211 e. The van der Waals surface area contributed by atoms with Gasteiger partial charge in [0.2, 0.25) is 5.72 Å². The Balaban J connectivity index is 1.89. The van der Waals surface area contributed by atoms with Crippen LogP contribution in [-0.2, 0) is 5.41 Å². The number of halogens is 2. The third-order valence-electron chi connectivity index (χ3n) is 5.11. The Morgan fingerprint density at radius 2 is 1.91 bits per heavy atom. The zero-order valence-corrected chi connectivity index (χ0v) is 16.1. The van der Waals surface area contributed by atoms with Gasteiger partial charge < -0.3 is 9.64 Å². The zero-order valence-electron chi connectivity index (χ0n) is 13.2. The van der Waals surface area contributed by atoms with Gasteiger partial charge in [-0.3, -0.25) is 0 Å². The predicted molar refractivity (Wildman–Crippen MR) is 104 cm³/mol. The van der Waals surface area contributed by atoms with E-state index in [0.717, 1.165) is 22.0 Å². The van der Waals surface area contributed by atoms with Crippen LogP contribution in [0.15, 0.2) is 42.5 Å². The molecule has 0 aromatic heterocycles. The molecule has 0 amide bonds. The number of nitrogens with zero attached hydrogens (tertiary/aromatic N) is 1. The van der Waals surface area contributed by atoms with E-state index in [2.05, 4.69) is 90.9 Å². The predicted octanol–water partition coefficient (Wildman–Crippen LogP) is 5.47. The Labute approximate surface area is 155 Å². The van der Waals surface area contributed by atoms with E-state index < -0.39 is 5.72 Å². The van der Waals surface area contributed by atoms with E-state index in [1.807, 2.05) is 6.07 Å². The van der Waals surface area contributed by atoms with Crippen LogP contribution >= 0.6 is 34.2 Å². The van der Waals surface area contributed by atoms with Crippen molar-refractivity contribution in [3.05, 3.63) is 62.2 Å². The Hall–Kier alpha value is -1.20. The molecular formula is C19H17ClINO. The Morgan fingerprint density at radius 3 is 2.70 bits per heavy atom. The highest BCUT2D eigenvalue weighted by Crippen LogP contribution is 2.54. The molecule has 2 aromatic carbocycles. The molecule has 1 unspecified atom stereocenters. The molecule has 0 saturated carbocycles. The van der Waals surface area contributed by atoms with Gasteiger partial charge in [-0.15, -0.1) is 0 Å². The van der Waals surface area contributed by atoms with Crippen molar-refractivity contribution >= 4 is 46.0 Å². The van der Waals surface area contributed by atoms with Crippen LogP contribution in [-0.4, -0.2) is 12.8 Å². The van der Waals surface area contributed by atoms with Gasteiger partial charge in [0.25, 0.3) is 0 Å². The summed E-state index contributed by atoms with van der Waals surface area (Å²) in [5.41, 5.74) is 2.74. The second-order valence-electron chi connectivity index (χ2n) is 6.66. The SMILES string of the molecule is CN1c2ccc(Cl)cc2C(C)(C)C12C=Cc1cc(I)ccc1O2. The molecule has 2 aliphatic heterocycles. The lowest BCUT2D eigenvalue weighted by Gasteiger charge is -2.45. The Kier molecular flexibility index (Phi) is 3.27. The molecule has 0 bridgehead atoms. The number of likely N-dealkylation sites (N-methyl/N-ethyl adjacent to an activating group) is 1. The minimum Gasteiger partial charge on any atom is -0.463 e. The van der Waals surface area contributed by atoms with Crippen LogP contribution in [0.3, 0.4) is 0 Å². The molecule has 2 aromatic rings. The first-order valence-electron chi connectivity index (χ1n) is 7.57. The molecular weight excluding hydrogens is 421 g/mol. The number of hydrogen-bond donors (Lipinski definition) is 0. The van der Waals surface area contributed by atoms with Crippen molar-refractivity contribution in [3.8, 4) is 5.75 Å². The van der Waals surface area contributed by atoms with Crippen molar-refractivity contribution in [1.29, 1.82) is 0 Å². The van der Waals surface area contributed by atoms with Crippen molar-refractivity contribution in [3.63, 3.8) is 0 Å². The lowest BCUT2D eigenvalue weighted by Crippen LogP contribution is -2.58. The molecule has 1 spiro atoms. The average molecular weight is 438 g/mol. The summed E-state index contributed by atoms with van der Waals surface area (Å²) in [6.07, 6.45) is 4.35. The highest BCUT2D eigenvalue weighted by Gasteiger charge is 2.57. The van der Waals surface area contributed by atoms with Gasteiger partial charge in [-0.1, -0.05) is 11.6 Å². The fraction of sp³-hybridized carbons (Fsp3) is 0.263. The van der Waals surface area contributed by atoms with Crippen LogP contribution in [0.25, 0.3) is 6.08 Å². The number of benzene rings is 2. The molecule has 1 atom stereocenters. The molecule has 118 valence electrons. The van der Waals surface area contributed by atoms with E-state index in [1.165, 1.54) is 9.13 Å². The van der Waals surface area contributed by atoms with Gasteiger partial charge in [-0.25, -0.2) is 0 Å². The quantitative estimate of drug-likeness (QED) is 0.507. The highest BCUT2D eigenvalue weighted by atomic mass is 127. The monoisotopic (exact) mass is 437 g/mol. The van der Waals surface area contributed by atoms with Crippen molar-refractivity contribution < 1.29 is 4.74 Å². The molecule has 0 radical (unpaired) electrons. The van der Waals surface area contributed by atoms with Crippen LogP contribution in [0.1, 0.15) is 25.0 Å². The van der Waals surface area contributed by atoms with Gasteiger partial charge in [0, 0.05) is 26.9 Å². The molecule has 0 fully saturated rings. The summed E-state index contributed by atoms with van der Waals surface area (Å²) in [7, 11) is 2.09. The fourth-order valence-electron chi connectivity index (χ4n) is 3.76. The van der Waals surface area contributed by atoms with E-state index in [4.69, 9.17) is 16.3 Å². The third kappa shape index (κ3) is 1.99. The largest absolute Gasteiger partial charge is 0.463 e. The molecule has 23 heavy (non-hydrogen) atoms. The van der Waals surface area contributed by atoms with Gasteiger partial charge >= 0.3 is 0 Å². The van der Waals surface area contributed by atoms with Crippen molar-refractivity contribution in [2.75, 3.05) is 11.9 Å². The Bertz CT molecular complexity index is 845. The number of rotatable bonds is 0. The van der Waals surface area contributed by atoms with E-state index in [9.17, 15) is 0 Å². The van der Waals surface area contributed by atoms with Crippen LogP contribution in [0.5, 0.6) is 5.75 Å². The molecule has 2 heterocycles. The van der Waals surface area contributed by atoms with Crippen LogP contribution < -0.4 is 9.64 Å². The lowest BCUT2D eigenvalue weighted by molar-refractivity contribution is 0.0581. The van der Waals surface area contributed by atoms with Gasteiger partial charge in [0.1, 0.15) is 5.75 Å². The zero-order chi connectivity index (χ0) is 16.4. The fourth-order valence-corrected chi connectivity index (χ4v) is 4.44. The number of fused-ring (bicyclic) bond motifs is 2. The van der Waals surface area contributed by atoms with Gasteiger partial charge in [0.05, 0.1) is 5.41 Å². The minimum absolute atomic E-state index is 0.223. The van der Waals surface area contributed by atoms with Crippen LogP contribution in [0.2, 0.25) is 5.02 Å². The summed E-state index contributed by atoms with van der Waals surface area (Å²) in [6, 6.07) is 12.4. The van der Waals surface area contributed by atoms with E-state index >= 15 is 0 Å². The van der Waals surface area contributed by atoms with Crippen LogP contribution in [0.4, 0.5) is 5.69 Å². The second kappa shape index (κ2) is 4.90. The lowest BCUT2D eigenvalue weighted by atomic mass is 9.76. The first-order valence-corrected chi connectivity index (χ1v) is 9.02. The summed E-state index contributed by atoms with van der Waals surface area (Å²) in [5, 5.41) is 0.761. The first kappa shape index (κ1) is 15.3. The molecule has 2 aliphatic rings. The maximum absolute atomic E-state index is 6.58. The summed E-state index contributed by atoms with van der Waals surface area (Å²) in [4.78, 5) is 2.22. The number of ether oxygens (including phenoxy) is 1. The van der Waals surface area contributed by atoms with Gasteiger partial charge in [-0.05, 0) is 90.6 Å². The Morgan fingerprint density at radius 1 is 1.13 bits per heavy atom. The number of hydrogen-bond acceptors (Lipinski definition) is 2. The van der Waals surface area contributed by atoms with Crippen molar-refractivity contribution in [1.82, 2.24) is 0 Å². The molecule has 0 aliphatic carbocycles. The molecule has 0 N–H and O–H groups in total.